The number of benzene rings is 3. The Morgan fingerprint density at radius 1 is 0.886 bits per heavy atom. The Morgan fingerprint density at radius 2 is 1.66 bits per heavy atom. The summed E-state index contributed by atoms with van der Waals surface area (Å²) in [4.78, 5) is 31.1. The van der Waals surface area contributed by atoms with Crippen LogP contribution in [0.2, 0.25) is 0 Å². The van der Waals surface area contributed by atoms with Gasteiger partial charge in [-0.1, -0.05) is 30.3 Å². The van der Waals surface area contributed by atoms with E-state index < -0.39 is 6.03 Å². The maximum absolute atomic E-state index is 13.6. The van der Waals surface area contributed by atoms with Crippen molar-refractivity contribution in [2.45, 2.75) is 19.3 Å². The fourth-order valence-corrected chi connectivity index (χ4v) is 5.83. The highest BCUT2D eigenvalue weighted by Gasteiger charge is 2.24. The predicted octanol–water partition coefficient (Wildman–Crippen LogP) is 4.87. The number of amides is 3. The molecule has 2 saturated heterocycles. The van der Waals surface area contributed by atoms with Gasteiger partial charge in [-0.25, -0.2) is 4.79 Å². The van der Waals surface area contributed by atoms with E-state index in [0.717, 1.165) is 70.9 Å². The Morgan fingerprint density at radius 3 is 2.39 bits per heavy atom. The van der Waals surface area contributed by atoms with Gasteiger partial charge in [0.15, 0.2) is 0 Å². The van der Waals surface area contributed by atoms with Crippen LogP contribution in [0.3, 0.4) is 0 Å². The number of carbonyl (C=O) groups excluding carboxylic acids is 2. The molecule has 2 aliphatic rings. The molecule has 0 aliphatic carbocycles. The zero-order valence-electron chi connectivity index (χ0n) is 25.6. The van der Waals surface area contributed by atoms with E-state index in [1.807, 2.05) is 12.1 Å². The van der Waals surface area contributed by atoms with Crippen molar-refractivity contribution < 1.29 is 23.8 Å². The molecule has 2 fully saturated rings. The van der Waals surface area contributed by atoms with Crippen LogP contribution in [0.4, 0.5) is 21.9 Å². The molecular formula is C34H43N5O5. The largest absolute Gasteiger partial charge is 0.497 e. The fraction of sp³-hybridized carbons (Fsp3) is 0.412. The quantitative estimate of drug-likeness (QED) is 0.288. The highest BCUT2D eigenvalue weighted by molar-refractivity contribution is 6.04. The van der Waals surface area contributed by atoms with Gasteiger partial charge in [-0.3, -0.25) is 9.69 Å². The first-order valence-corrected chi connectivity index (χ1v) is 15.3. The molecule has 44 heavy (non-hydrogen) atoms. The topological polar surface area (TPSA) is 104 Å². The van der Waals surface area contributed by atoms with Crippen LogP contribution >= 0.6 is 0 Å². The lowest BCUT2D eigenvalue weighted by molar-refractivity contribution is 0.0383. The molecule has 3 aromatic carbocycles. The number of nitrogens with zero attached hydrogens (tertiary/aromatic N) is 2. The van der Waals surface area contributed by atoms with Crippen molar-refractivity contribution in [1.82, 2.24) is 10.2 Å². The van der Waals surface area contributed by atoms with Gasteiger partial charge in [0.1, 0.15) is 11.5 Å². The van der Waals surface area contributed by atoms with Crippen LogP contribution in [0, 0.1) is 5.92 Å². The number of morpholine rings is 1. The summed E-state index contributed by atoms with van der Waals surface area (Å²) in [5.41, 5.74) is 3.83. The molecule has 0 bridgehead atoms. The minimum absolute atomic E-state index is 0.152. The number of piperidine rings is 1. The first kappa shape index (κ1) is 31.2. The molecule has 0 spiro atoms. The van der Waals surface area contributed by atoms with Crippen LogP contribution in [0.1, 0.15) is 28.8 Å². The van der Waals surface area contributed by atoms with Crippen LogP contribution in [0.25, 0.3) is 0 Å². The Kier molecular flexibility index (Phi) is 10.9. The summed E-state index contributed by atoms with van der Waals surface area (Å²) in [6.45, 7) is 6.21. The van der Waals surface area contributed by atoms with Crippen LogP contribution < -0.4 is 30.3 Å². The molecule has 10 heteroatoms. The Hall–Kier alpha value is -4.28. The number of rotatable bonds is 11. The number of hydrogen-bond acceptors (Lipinski definition) is 7. The third kappa shape index (κ3) is 8.42. The summed E-state index contributed by atoms with van der Waals surface area (Å²) >= 11 is 0. The van der Waals surface area contributed by atoms with E-state index >= 15 is 0 Å². The summed E-state index contributed by atoms with van der Waals surface area (Å²) in [5, 5.41) is 8.82. The van der Waals surface area contributed by atoms with Crippen LogP contribution in [-0.4, -0.2) is 83.5 Å². The van der Waals surface area contributed by atoms with E-state index in [2.05, 4.69) is 56.1 Å². The monoisotopic (exact) mass is 601 g/mol. The minimum Gasteiger partial charge on any atom is -0.497 e. The molecule has 5 rings (SSSR count). The fourth-order valence-electron chi connectivity index (χ4n) is 5.83. The van der Waals surface area contributed by atoms with E-state index in [4.69, 9.17) is 14.2 Å². The van der Waals surface area contributed by atoms with Crippen molar-refractivity contribution in [1.29, 1.82) is 0 Å². The van der Waals surface area contributed by atoms with Gasteiger partial charge in [0.2, 0.25) is 0 Å². The van der Waals surface area contributed by atoms with Crippen molar-refractivity contribution in [2.75, 3.05) is 82.2 Å². The van der Waals surface area contributed by atoms with Gasteiger partial charge < -0.3 is 35.1 Å². The summed E-state index contributed by atoms with van der Waals surface area (Å²) in [6, 6.07) is 20.9. The number of anilines is 3. The highest BCUT2D eigenvalue weighted by atomic mass is 16.5. The van der Waals surface area contributed by atoms with Gasteiger partial charge in [-0.2, -0.15) is 0 Å². The van der Waals surface area contributed by atoms with Gasteiger partial charge in [0, 0.05) is 56.7 Å². The number of urea groups is 1. The second-order valence-corrected chi connectivity index (χ2v) is 11.2. The third-order valence-electron chi connectivity index (χ3n) is 8.30. The molecule has 234 valence electrons. The normalized spacial score (nSPS) is 15.8. The highest BCUT2D eigenvalue weighted by Crippen LogP contribution is 2.31. The molecule has 0 unspecified atom stereocenters. The summed E-state index contributed by atoms with van der Waals surface area (Å²) in [6.07, 6.45) is 3.18. The molecule has 0 atom stereocenters. The Bertz CT molecular complexity index is 1390. The second kappa shape index (κ2) is 15.4. The molecule has 0 radical (unpaired) electrons. The van der Waals surface area contributed by atoms with Gasteiger partial charge in [0.25, 0.3) is 5.91 Å². The molecular weight excluding hydrogens is 558 g/mol. The van der Waals surface area contributed by atoms with E-state index in [1.165, 1.54) is 12.7 Å². The lowest BCUT2D eigenvalue weighted by Crippen LogP contribution is -2.41. The molecule has 0 aromatic heterocycles. The minimum atomic E-state index is -0.443. The van der Waals surface area contributed by atoms with E-state index in [-0.39, 0.29) is 5.91 Å². The van der Waals surface area contributed by atoms with Gasteiger partial charge in [-0.05, 0) is 61.1 Å². The molecule has 2 aliphatic heterocycles. The van der Waals surface area contributed by atoms with E-state index in [9.17, 15) is 9.59 Å². The first-order valence-electron chi connectivity index (χ1n) is 15.3. The van der Waals surface area contributed by atoms with Crippen molar-refractivity contribution in [3.63, 3.8) is 0 Å². The number of carbonyl (C=O) groups is 2. The molecule has 0 saturated carbocycles. The molecule has 3 amide bonds. The predicted molar refractivity (Wildman–Crippen MR) is 173 cm³/mol. The van der Waals surface area contributed by atoms with Crippen molar-refractivity contribution >= 4 is 29.0 Å². The second-order valence-electron chi connectivity index (χ2n) is 11.2. The zero-order chi connectivity index (χ0) is 30.7. The number of ether oxygens (including phenoxy) is 3. The Labute approximate surface area is 259 Å². The molecule has 2 heterocycles. The number of nitrogens with one attached hydrogen (secondary N) is 3. The standard InChI is InChI=1S/C34H43N5O5/c1-42-28-9-10-30(32(24-28)43-2)37-34(41)36-27-8-11-31(29(23-27)33(40)35-14-17-38-18-20-44-21-19-38)39-15-12-26(13-16-39)22-25-6-4-3-5-7-25/h3-11,23-24,26H,12-22H2,1-2H3,(H,35,40)(H2,36,37,41). The molecule has 10 nitrogen and oxygen atoms in total. The van der Waals surface area contributed by atoms with Gasteiger partial charge in [-0.15, -0.1) is 0 Å². The SMILES string of the molecule is COc1ccc(NC(=O)Nc2ccc(N3CCC(Cc4ccccc4)CC3)c(C(=O)NCCN3CCOCC3)c2)c(OC)c1. The zero-order valence-corrected chi connectivity index (χ0v) is 25.6. The summed E-state index contributed by atoms with van der Waals surface area (Å²) in [5.74, 6) is 1.56. The van der Waals surface area contributed by atoms with Gasteiger partial charge in [0.05, 0.1) is 38.7 Å². The van der Waals surface area contributed by atoms with E-state index in [1.54, 1.807) is 31.4 Å². The van der Waals surface area contributed by atoms with E-state index in [0.29, 0.717) is 40.9 Å². The Balaban J connectivity index is 1.27. The lowest BCUT2D eigenvalue weighted by Gasteiger charge is -2.35. The number of hydrogen-bond donors (Lipinski definition) is 3. The van der Waals surface area contributed by atoms with Crippen LogP contribution in [0.5, 0.6) is 11.5 Å². The van der Waals surface area contributed by atoms with Gasteiger partial charge >= 0.3 is 6.03 Å². The third-order valence-corrected chi connectivity index (χ3v) is 8.30. The average molecular weight is 602 g/mol. The smallest absolute Gasteiger partial charge is 0.323 e. The van der Waals surface area contributed by atoms with Crippen LogP contribution in [-0.2, 0) is 11.2 Å². The molecule has 3 aromatic rings. The maximum atomic E-state index is 13.6. The lowest BCUT2D eigenvalue weighted by atomic mass is 9.89. The summed E-state index contributed by atoms with van der Waals surface area (Å²) in [7, 11) is 3.10. The molecule has 3 N–H and O–H groups in total. The maximum Gasteiger partial charge on any atom is 0.323 e. The first-order chi connectivity index (χ1) is 21.5. The average Bonchev–Trinajstić information content (AvgIpc) is 3.06. The van der Waals surface area contributed by atoms with Crippen molar-refractivity contribution in [3.05, 3.63) is 77.9 Å². The van der Waals surface area contributed by atoms with Crippen molar-refractivity contribution in [2.24, 2.45) is 5.92 Å². The van der Waals surface area contributed by atoms with Crippen molar-refractivity contribution in [3.8, 4) is 11.5 Å². The summed E-state index contributed by atoms with van der Waals surface area (Å²) < 4.78 is 16.1. The number of methoxy groups -OCH3 is 2. The van der Waals surface area contributed by atoms with Crippen LogP contribution in [0.15, 0.2) is 66.7 Å².